The van der Waals surface area contributed by atoms with Crippen molar-refractivity contribution in [3.63, 3.8) is 0 Å². The van der Waals surface area contributed by atoms with Crippen molar-refractivity contribution in [3.8, 4) is 17.4 Å². The van der Waals surface area contributed by atoms with Gasteiger partial charge in [-0.2, -0.15) is 0 Å². The van der Waals surface area contributed by atoms with Crippen molar-refractivity contribution in [2.45, 2.75) is 37.8 Å². The van der Waals surface area contributed by atoms with Gasteiger partial charge < -0.3 is 14.2 Å². The molecule has 1 atom stereocenters. The normalized spacial score (nSPS) is 21.7. The number of hydrogen-bond donors (Lipinski definition) is 0. The molecule has 138 valence electrons. The summed E-state index contributed by atoms with van der Waals surface area (Å²) in [6.07, 6.45) is 8.08. The Morgan fingerprint density at radius 2 is 1.81 bits per heavy atom. The van der Waals surface area contributed by atoms with Crippen molar-refractivity contribution in [2.75, 3.05) is 26.9 Å². The van der Waals surface area contributed by atoms with E-state index >= 15 is 0 Å². The van der Waals surface area contributed by atoms with E-state index in [-0.39, 0.29) is 0 Å². The summed E-state index contributed by atoms with van der Waals surface area (Å²) in [6.45, 7) is 2.85. The summed E-state index contributed by atoms with van der Waals surface area (Å²) >= 11 is 0. The lowest BCUT2D eigenvalue weighted by molar-refractivity contribution is 0.0284. The number of aromatic nitrogens is 2. The number of methoxy groups -OCH3 is 1. The fourth-order valence-corrected chi connectivity index (χ4v) is 3.90. The molecule has 0 saturated carbocycles. The summed E-state index contributed by atoms with van der Waals surface area (Å²) < 4.78 is 16.6. The Labute approximate surface area is 154 Å². The molecule has 0 bridgehead atoms. The van der Waals surface area contributed by atoms with Crippen LogP contribution in [0.15, 0.2) is 36.7 Å². The minimum atomic E-state index is 0.324. The van der Waals surface area contributed by atoms with Crippen molar-refractivity contribution in [1.29, 1.82) is 0 Å². The Hall–Kier alpha value is -2.18. The fraction of sp³-hybridized carbons (Fsp3) is 0.500. The maximum atomic E-state index is 5.89. The van der Waals surface area contributed by atoms with Crippen LogP contribution in [-0.2, 0) is 4.74 Å². The molecule has 2 aliphatic heterocycles. The van der Waals surface area contributed by atoms with Gasteiger partial charge in [-0.05, 0) is 56.5 Å². The molecule has 2 aliphatic rings. The summed E-state index contributed by atoms with van der Waals surface area (Å²) in [7, 11) is 1.65. The minimum Gasteiger partial charge on any atom is -0.497 e. The van der Waals surface area contributed by atoms with Gasteiger partial charge in [-0.1, -0.05) is 0 Å². The largest absolute Gasteiger partial charge is 0.497 e. The Bertz CT molecular complexity index is 716. The van der Waals surface area contributed by atoms with E-state index in [4.69, 9.17) is 19.2 Å². The maximum absolute atomic E-state index is 5.89. The highest BCUT2D eigenvalue weighted by atomic mass is 16.5. The average molecular weight is 355 g/mol. The van der Waals surface area contributed by atoms with E-state index in [0.717, 1.165) is 56.2 Å². The smallest absolute Gasteiger partial charge is 0.238 e. The molecule has 0 N–H and O–H groups in total. The summed E-state index contributed by atoms with van der Waals surface area (Å²) in [6, 6.07) is 8.40. The predicted octanol–water partition coefficient (Wildman–Crippen LogP) is 3.59. The van der Waals surface area contributed by atoms with Gasteiger partial charge in [-0.15, -0.1) is 0 Å². The first kappa shape index (κ1) is 17.2. The van der Waals surface area contributed by atoms with E-state index < -0.39 is 0 Å². The van der Waals surface area contributed by atoms with Gasteiger partial charge in [0.25, 0.3) is 0 Å². The molecule has 2 saturated heterocycles. The van der Waals surface area contributed by atoms with Crippen molar-refractivity contribution < 1.29 is 14.2 Å². The van der Waals surface area contributed by atoms with Crippen molar-refractivity contribution in [3.05, 3.63) is 42.4 Å². The maximum Gasteiger partial charge on any atom is 0.238 e. The zero-order valence-corrected chi connectivity index (χ0v) is 15.1. The van der Waals surface area contributed by atoms with Crippen LogP contribution in [0.1, 0.15) is 37.4 Å². The lowest BCUT2D eigenvalue weighted by Crippen LogP contribution is -2.39. The van der Waals surface area contributed by atoms with E-state index in [9.17, 15) is 0 Å². The standard InChI is InChI=1S/C20H25N3O3/c1-24-16-4-6-17(7-5-16)26-20-14-21-13-18(22-20)19-3-2-10-23(19)15-8-11-25-12-9-15/h4-7,13-15,19H,2-3,8-12H2,1H3/t19-/m0/s1. The second-order valence-electron chi connectivity index (χ2n) is 6.80. The van der Waals surface area contributed by atoms with Crippen molar-refractivity contribution in [1.82, 2.24) is 14.9 Å². The van der Waals surface area contributed by atoms with Crippen LogP contribution in [0.25, 0.3) is 0 Å². The van der Waals surface area contributed by atoms with Gasteiger partial charge in [0.1, 0.15) is 11.5 Å². The van der Waals surface area contributed by atoms with Crippen LogP contribution in [-0.4, -0.2) is 47.8 Å². The third-order valence-corrected chi connectivity index (χ3v) is 5.21. The molecular weight excluding hydrogens is 330 g/mol. The number of benzene rings is 1. The summed E-state index contributed by atoms with van der Waals surface area (Å²) in [5, 5.41) is 0. The molecule has 2 aromatic rings. The molecule has 6 nitrogen and oxygen atoms in total. The molecule has 2 fully saturated rings. The molecule has 4 rings (SSSR count). The number of nitrogens with zero attached hydrogens (tertiary/aromatic N) is 3. The first-order valence-corrected chi connectivity index (χ1v) is 9.31. The molecular formula is C20H25N3O3. The predicted molar refractivity (Wildman–Crippen MR) is 97.6 cm³/mol. The Balaban J connectivity index is 1.49. The number of rotatable bonds is 5. The van der Waals surface area contributed by atoms with Gasteiger partial charge in [0.15, 0.2) is 0 Å². The van der Waals surface area contributed by atoms with Crippen LogP contribution in [0.2, 0.25) is 0 Å². The van der Waals surface area contributed by atoms with Gasteiger partial charge in [-0.25, -0.2) is 4.98 Å². The van der Waals surface area contributed by atoms with E-state index in [1.807, 2.05) is 30.5 Å². The van der Waals surface area contributed by atoms with Gasteiger partial charge >= 0.3 is 0 Å². The minimum absolute atomic E-state index is 0.324. The molecule has 0 aliphatic carbocycles. The molecule has 0 radical (unpaired) electrons. The lowest BCUT2D eigenvalue weighted by Gasteiger charge is -2.35. The highest BCUT2D eigenvalue weighted by Crippen LogP contribution is 2.35. The Kier molecular flexibility index (Phi) is 5.32. The first-order valence-electron chi connectivity index (χ1n) is 9.31. The van der Waals surface area contributed by atoms with Gasteiger partial charge in [0.05, 0.1) is 31.2 Å². The van der Waals surface area contributed by atoms with Gasteiger partial charge in [0, 0.05) is 19.3 Å². The van der Waals surface area contributed by atoms with Crippen molar-refractivity contribution >= 4 is 0 Å². The molecule has 0 amide bonds. The zero-order chi connectivity index (χ0) is 17.8. The molecule has 3 heterocycles. The van der Waals surface area contributed by atoms with Crippen LogP contribution in [0, 0.1) is 0 Å². The highest BCUT2D eigenvalue weighted by Gasteiger charge is 2.33. The molecule has 26 heavy (non-hydrogen) atoms. The van der Waals surface area contributed by atoms with E-state index in [1.165, 1.54) is 6.42 Å². The Morgan fingerprint density at radius 1 is 1.04 bits per heavy atom. The second kappa shape index (κ2) is 8.01. The summed E-state index contributed by atoms with van der Waals surface area (Å²) in [5.41, 5.74) is 1.00. The van der Waals surface area contributed by atoms with E-state index in [0.29, 0.717) is 18.0 Å². The average Bonchev–Trinajstić information content (AvgIpc) is 3.19. The molecule has 1 aromatic heterocycles. The first-order chi connectivity index (χ1) is 12.8. The second-order valence-corrected chi connectivity index (χ2v) is 6.80. The van der Waals surface area contributed by atoms with Crippen molar-refractivity contribution in [2.24, 2.45) is 0 Å². The number of likely N-dealkylation sites (tertiary alicyclic amines) is 1. The van der Waals surface area contributed by atoms with Crippen LogP contribution < -0.4 is 9.47 Å². The summed E-state index contributed by atoms with van der Waals surface area (Å²) in [4.78, 5) is 11.7. The van der Waals surface area contributed by atoms with E-state index in [1.54, 1.807) is 13.3 Å². The quantitative estimate of drug-likeness (QED) is 0.817. The zero-order valence-electron chi connectivity index (χ0n) is 15.1. The Morgan fingerprint density at radius 3 is 2.58 bits per heavy atom. The number of hydrogen-bond acceptors (Lipinski definition) is 6. The summed E-state index contributed by atoms with van der Waals surface area (Å²) in [5.74, 6) is 2.06. The third-order valence-electron chi connectivity index (χ3n) is 5.21. The van der Waals surface area contributed by atoms with Gasteiger partial charge in [0.2, 0.25) is 5.88 Å². The van der Waals surface area contributed by atoms with E-state index in [2.05, 4.69) is 9.88 Å². The molecule has 1 aromatic carbocycles. The van der Waals surface area contributed by atoms with Gasteiger partial charge in [-0.3, -0.25) is 9.88 Å². The molecule has 0 spiro atoms. The lowest BCUT2D eigenvalue weighted by atomic mass is 10.0. The number of ether oxygens (including phenoxy) is 3. The van der Waals surface area contributed by atoms with Crippen LogP contribution in [0.3, 0.4) is 0 Å². The van der Waals surface area contributed by atoms with Crippen LogP contribution >= 0.6 is 0 Å². The monoisotopic (exact) mass is 355 g/mol. The molecule has 0 unspecified atom stereocenters. The topological polar surface area (TPSA) is 56.7 Å². The SMILES string of the molecule is COc1ccc(Oc2cncc([C@@H]3CCCN3C3CCOCC3)n2)cc1. The molecule has 6 heteroatoms. The highest BCUT2D eigenvalue weighted by molar-refractivity contribution is 5.33. The van der Waals surface area contributed by atoms with Crippen LogP contribution in [0.5, 0.6) is 17.4 Å². The third kappa shape index (κ3) is 3.81. The fourth-order valence-electron chi connectivity index (χ4n) is 3.90. The van der Waals surface area contributed by atoms with Crippen LogP contribution in [0.4, 0.5) is 0 Å².